The molecule has 18 heavy (non-hydrogen) atoms. The van der Waals surface area contributed by atoms with E-state index in [0.29, 0.717) is 5.91 Å². The fourth-order valence-electron chi connectivity index (χ4n) is 3.20. The van der Waals surface area contributed by atoms with Crippen LogP contribution in [-0.2, 0) is 4.79 Å². The Labute approximate surface area is 111 Å². The van der Waals surface area contributed by atoms with Crippen LogP contribution >= 0.6 is 0 Å². The Kier molecular flexibility index (Phi) is 3.97. The third-order valence-electron chi connectivity index (χ3n) is 4.77. The molecule has 2 atom stereocenters. The maximum atomic E-state index is 12.4. The molecule has 104 valence electrons. The number of carbonyl (C=O) groups is 1. The van der Waals surface area contributed by atoms with Gasteiger partial charge >= 0.3 is 0 Å². The van der Waals surface area contributed by atoms with Crippen molar-refractivity contribution in [1.82, 2.24) is 15.1 Å². The summed E-state index contributed by atoms with van der Waals surface area (Å²) in [6.07, 6.45) is 5.92. The minimum absolute atomic E-state index is 0.0456. The number of carbonyl (C=O) groups excluding carboxylic acids is 1. The first-order valence-electron chi connectivity index (χ1n) is 7.24. The molecule has 0 aromatic heterocycles. The maximum absolute atomic E-state index is 12.4. The van der Waals surface area contributed by atoms with Crippen molar-refractivity contribution in [2.24, 2.45) is 0 Å². The van der Waals surface area contributed by atoms with Crippen LogP contribution in [0.2, 0.25) is 0 Å². The molecule has 0 bridgehead atoms. The minimum Gasteiger partial charge on any atom is -0.324 e. The van der Waals surface area contributed by atoms with E-state index in [-0.39, 0.29) is 17.7 Å². The summed E-state index contributed by atoms with van der Waals surface area (Å²) in [5.74, 6) is 0.303. The Balaban J connectivity index is 2.02. The second-order valence-electron chi connectivity index (χ2n) is 6.12. The Morgan fingerprint density at radius 1 is 1.44 bits per heavy atom. The van der Waals surface area contributed by atoms with E-state index in [1.54, 1.807) is 0 Å². The number of amides is 1. The van der Waals surface area contributed by atoms with E-state index in [9.17, 15) is 4.79 Å². The van der Waals surface area contributed by atoms with Gasteiger partial charge in [0.25, 0.3) is 0 Å². The van der Waals surface area contributed by atoms with Crippen molar-refractivity contribution < 1.29 is 4.79 Å². The minimum atomic E-state index is 0.0456. The van der Waals surface area contributed by atoms with Crippen LogP contribution < -0.4 is 5.32 Å². The quantitative estimate of drug-likeness (QED) is 0.805. The van der Waals surface area contributed by atoms with Crippen molar-refractivity contribution in [2.75, 3.05) is 20.6 Å². The van der Waals surface area contributed by atoms with Crippen molar-refractivity contribution in [3.05, 3.63) is 0 Å². The first kappa shape index (κ1) is 13.8. The number of hydrogen-bond acceptors (Lipinski definition) is 3. The zero-order chi connectivity index (χ0) is 13.3. The van der Waals surface area contributed by atoms with Gasteiger partial charge in [-0.1, -0.05) is 13.3 Å². The highest BCUT2D eigenvalue weighted by Gasteiger charge is 2.45. The topological polar surface area (TPSA) is 35.6 Å². The Morgan fingerprint density at radius 2 is 2.11 bits per heavy atom. The monoisotopic (exact) mass is 253 g/mol. The van der Waals surface area contributed by atoms with Crippen LogP contribution in [0, 0.1) is 0 Å². The maximum Gasteiger partial charge on any atom is 0.241 e. The fourth-order valence-corrected chi connectivity index (χ4v) is 3.20. The molecule has 2 unspecified atom stereocenters. The fraction of sp³-hybridized carbons (Fsp3) is 0.929. The van der Waals surface area contributed by atoms with Crippen molar-refractivity contribution in [1.29, 1.82) is 0 Å². The lowest BCUT2D eigenvalue weighted by Gasteiger charge is -2.49. The van der Waals surface area contributed by atoms with E-state index in [4.69, 9.17) is 0 Å². The smallest absolute Gasteiger partial charge is 0.241 e. The normalized spacial score (nSPS) is 30.9. The molecule has 2 fully saturated rings. The molecule has 0 spiro atoms. The van der Waals surface area contributed by atoms with E-state index in [0.717, 1.165) is 19.4 Å². The van der Waals surface area contributed by atoms with E-state index in [1.807, 2.05) is 0 Å². The Hall–Kier alpha value is -0.610. The lowest BCUT2D eigenvalue weighted by molar-refractivity contribution is -0.132. The first-order valence-corrected chi connectivity index (χ1v) is 7.24. The average Bonchev–Trinajstić information content (AvgIpc) is 2.50. The van der Waals surface area contributed by atoms with Crippen LogP contribution in [0.1, 0.15) is 46.0 Å². The Bertz CT molecular complexity index is 312. The summed E-state index contributed by atoms with van der Waals surface area (Å²) in [7, 11) is 4.28. The van der Waals surface area contributed by atoms with Crippen LogP contribution in [0.5, 0.6) is 0 Å². The van der Waals surface area contributed by atoms with Crippen molar-refractivity contribution in [3.63, 3.8) is 0 Å². The number of nitrogens with zero attached hydrogens (tertiary/aromatic N) is 2. The highest BCUT2D eigenvalue weighted by molar-refractivity contribution is 5.84. The van der Waals surface area contributed by atoms with Crippen LogP contribution in [0.3, 0.4) is 0 Å². The zero-order valence-electron chi connectivity index (χ0n) is 12.2. The second kappa shape index (κ2) is 5.17. The van der Waals surface area contributed by atoms with Crippen molar-refractivity contribution in [3.8, 4) is 0 Å². The third kappa shape index (κ3) is 2.28. The first-order chi connectivity index (χ1) is 8.50. The summed E-state index contributed by atoms with van der Waals surface area (Å²) in [5, 5.41) is 3.42. The number of rotatable bonds is 5. The number of nitrogens with one attached hydrogen (secondary N) is 1. The van der Waals surface area contributed by atoms with E-state index in [2.05, 4.69) is 43.1 Å². The molecule has 1 aliphatic carbocycles. The molecule has 1 aliphatic heterocycles. The van der Waals surface area contributed by atoms with Gasteiger partial charge in [-0.3, -0.25) is 10.1 Å². The highest BCUT2D eigenvalue weighted by atomic mass is 16.2. The largest absolute Gasteiger partial charge is 0.324 e. The molecule has 4 nitrogen and oxygen atoms in total. The molecule has 1 saturated carbocycles. The van der Waals surface area contributed by atoms with E-state index < -0.39 is 0 Å². The molecule has 2 aliphatic rings. The zero-order valence-corrected chi connectivity index (χ0v) is 12.2. The predicted molar refractivity (Wildman–Crippen MR) is 73.3 cm³/mol. The highest BCUT2D eigenvalue weighted by Crippen LogP contribution is 2.37. The van der Waals surface area contributed by atoms with Gasteiger partial charge in [-0.2, -0.15) is 0 Å². The molecule has 1 heterocycles. The standard InChI is InChI=1S/C14H27N3O/c1-5-7-12-13(18)17(11(2)15-12)10-14(16(3)4)8-6-9-14/h11-12,15H,5-10H2,1-4H3. The van der Waals surface area contributed by atoms with Crippen molar-refractivity contribution >= 4 is 5.91 Å². The van der Waals surface area contributed by atoms with Gasteiger partial charge in [-0.25, -0.2) is 0 Å². The second-order valence-corrected chi connectivity index (χ2v) is 6.12. The van der Waals surface area contributed by atoms with Gasteiger partial charge in [-0.05, 0) is 46.7 Å². The summed E-state index contributed by atoms with van der Waals surface area (Å²) < 4.78 is 0. The summed E-state index contributed by atoms with van der Waals surface area (Å²) in [6.45, 7) is 5.12. The number of hydrogen-bond donors (Lipinski definition) is 1. The van der Waals surface area contributed by atoms with Crippen LogP contribution in [0.25, 0.3) is 0 Å². The van der Waals surface area contributed by atoms with Crippen LogP contribution in [-0.4, -0.2) is 54.1 Å². The third-order valence-corrected chi connectivity index (χ3v) is 4.77. The van der Waals surface area contributed by atoms with Gasteiger partial charge in [0.15, 0.2) is 0 Å². The molecule has 1 saturated heterocycles. The van der Waals surface area contributed by atoms with Crippen LogP contribution in [0.4, 0.5) is 0 Å². The van der Waals surface area contributed by atoms with E-state index >= 15 is 0 Å². The van der Waals surface area contributed by atoms with Crippen LogP contribution in [0.15, 0.2) is 0 Å². The van der Waals surface area contributed by atoms with Gasteiger partial charge in [0, 0.05) is 12.1 Å². The average molecular weight is 253 g/mol. The lowest BCUT2D eigenvalue weighted by atomic mass is 9.75. The van der Waals surface area contributed by atoms with Gasteiger partial charge in [0.2, 0.25) is 5.91 Å². The molecule has 1 N–H and O–H groups in total. The molecule has 1 amide bonds. The SMILES string of the molecule is CCCC1NC(C)N(CC2(N(C)C)CCC2)C1=O. The van der Waals surface area contributed by atoms with Gasteiger partial charge in [0.05, 0.1) is 12.2 Å². The lowest BCUT2D eigenvalue weighted by Crippen LogP contribution is -2.58. The Morgan fingerprint density at radius 3 is 2.56 bits per heavy atom. The summed E-state index contributed by atoms with van der Waals surface area (Å²) in [4.78, 5) is 16.8. The van der Waals surface area contributed by atoms with Gasteiger partial charge in [0.1, 0.15) is 0 Å². The van der Waals surface area contributed by atoms with Gasteiger partial charge < -0.3 is 9.80 Å². The summed E-state index contributed by atoms with van der Waals surface area (Å²) in [6, 6.07) is 0.0456. The molecule has 0 aromatic carbocycles. The molecule has 0 aromatic rings. The number of likely N-dealkylation sites (N-methyl/N-ethyl adjacent to an activating group) is 1. The molecule has 0 radical (unpaired) electrons. The molecule has 2 rings (SSSR count). The molecular weight excluding hydrogens is 226 g/mol. The van der Waals surface area contributed by atoms with Crippen molar-refractivity contribution in [2.45, 2.75) is 63.7 Å². The van der Waals surface area contributed by atoms with E-state index in [1.165, 1.54) is 19.3 Å². The molecule has 4 heteroatoms. The summed E-state index contributed by atoms with van der Waals surface area (Å²) in [5.41, 5.74) is 0.229. The molecular formula is C14H27N3O. The van der Waals surface area contributed by atoms with Gasteiger partial charge in [-0.15, -0.1) is 0 Å². The summed E-state index contributed by atoms with van der Waals surface area (Å²) >= 11 is 0. The predicted octanol–water partition coefficient (Wildman–Crippen LogP) is 1.42.